The first kappa shape index (κ1) is 24.3. The monoisotopic (exact) mass is 480 g/mol. The van der Waals surface area contributed by atoms with Gasteiger partial charge in [-0.15, -0.1) is 13.2 Å². The summed E-state index contributed by atoms with van der Waals surface area (Å²) in [5.41, 5.74) is 1.16. The van der Waals surface area contributed by atoms with E-state index in [2.05, 4.69) is 18.1 Å². The van der Waals surface area contributed by atoms with E-state index in [9.17, 15) is 18.0 Å². The van der Waals surface area contributed by atoms with E-state index in [1.165, 1.54) is 12.1 Å². The Morgan fingerprint density at radius 3 is 2.26 bits per heavy atom. The Labute approximate surface area is 202 Å². The van der Waals surface area contributed by atoms with Crippen LogP contribution < -0.4 is 9.80 Å². The molecule has 4 rings (SSSR count). The molecule has 1 fully saturated rings. The molecule has 0 saturated carbocycles. The molecule has 2 aromatic carbocycles. The second kappa shape index (κ2) is 10.2. The van der Waals surface area contributed by atoms with E-state index in [4.69, 9.17) is 4.98 Å². The summed E-state index contributed by atoms with van der Waals surface area (Å²) in [5.74, 6) is 0.542. The van der Waals surface area contributed by atoms with E-state index in [0.717, 1.165) is 11.5 Å². The number of rotatable bonds is 7. The molecule has 35 heavy (non-hydrogen) atoms. The minimum absolute atomic E-state index is 0.132. The van der Waals surface area contributed by atoms with Crippen LogP contribution in [0.3, 0.4) is 0 Å². The fourth-order valence-corrected chi connectivity index (χ4v) is 4.30. The lowest BCUT2D eigenvalue weighted by Crippen LogP contribution is -2.47. The van der Waals surface area contributed by atoms with Gasteiger partial charge in [0.25, 0.3) is 5.91 Å². The minimum atomic E-state index is -4.37. The first-order valence-electron chi connectivity index (χ1n) is 11.4. The van der Waals surface area contributed by atoms with Gasteiger partial charge in [0.05, 0.1) is 16.6 Å². The molecule has 8 heteroatoms. The number of halogens is 3. The van der Waals surface area contributed by atoms with Gasteiger partial charge in [-0.2, -0.15) is 13.2 Å². The van der Waals surface area contributed by atoms with Crippen molar-refractivity contribution in [2.75, 3.05) is 49.1 Å². The van der Waals surface area contributed by atoms with E-state index >= 15 is 0 Å². The Kier molecular flexibility index (Phi) is 7.10. The number of pyridine rings is 1. The first-order chi connectivity index (χ1) is 16.8. The third kappa shape index (κ3) is 5.31. The van der Waals surface area contributed by atoms with E-state index in [-0.39, 0.29) is 5.91 Å². The number of amides is 1. The largest absolute Gasteiger partial charge is 0.416 e. The molecular weight excluding hydrogens is 453 g/mol. The highest BCUT2D eigenvalue weighted by Gasteiger charge is 2.31. The maximum atomic E-state index is 13.4. The molecule has 0 unspecified atom stereocenters. The Balaban J connectivity index is 1.59. The van der Waals surface area contributed by atoms with Crippen LogP contribution in [0.2, 0.25) is 0 Å². The highest BCUT2D eigenvalue weighted by atomic mass is 19.4. The highest BCUT2D eigenvalue weighted by molar-refractivity contribution is 6.07. The molecule has 1 aromatic heterocycles. The van der Waals surface area contributed by atoms with Gasteiger partial charge in [-0.25, -0.2) is 4.98 Å². The molecule has 2 heterocycles. The van der Waals surface area contributed by atoms with Gasteiger partial charge in [0.2, 0.25) is 0 Å². The van der Waals surface area contributed by atoms with Crippen LogP contribution in [0.1, 0.15) is 15.9 Å². The summed E-state index contributed by atoms with van der Waals surface area (Å²) in [6, 6.07) is 14.7. The van der Waals surface area contributed by atoms with E-state index < -0.39 is 11.7 Å². The lowest BCUT2D eigenvalue weighted by molar-refractivity contribution is -0.137. The standard InChI is InChI=1S/C27H27F3N4O/c1-3-12-34(13-4-2)26(35)23-19-25(31-24-11-6-5-10-22(23)24)33-16-14-32(15-17-33)21-9-7-8-20(18-21)27(28,29)30/h3-11,18-19H,1-2,12-17H2. The Bertz CT molecular complexity index is 1220. The number of hydrogen-bond acceptors (Lipinski definition) is 4. The molecule has 3 aromatic rings. The molecule has 1 saturated heterocycles. The van der Waals surface area contributed by atoms with Crippen LogP contribution in [0.5, 0.6) is 0 Å². The fourth-order valence-electron chi connectivity index (χ4n) is 4.30. The van der Waals surface area contributed by atoms with Crippen molar-refractivity contribution in [2.24, 2.45) is 0 Å². The molecule has 0 aliphatic carbocycles. The third-order valence-electron chi connectivity index (χ3n) is 6.06. The zero-order valence-corrected chi connectivity index (χ0v) is 19.3. The van der Waals surface area contributed by atoms with Gasteiger partial charge >= 0.3 is 6.18 Å². The van der Waals surface area contributed by atoms with Crippen LogP contribution in [0.25, 0.3) is 10.9 Å². The van der Waals surface area contributed by atoms with Crippen molar-refractivity contribution in [1.29, 1.82) is 0 Å². The molecule has 5 nitrogen and oxygen atoms in total. The zero-order valence-electron chi connectivity index (χ0n) is 19.3. The molecule has 1 aliphatic rings. The van der Waals surface area contributed by atoms with E-state index in [0.29, 0.717) is 61.9 Å². The molecule has 0 radical (unpaired) electrons. The summed E-state index contributed by atoms with van der Waals surface area (Å²) < 4.78 is 39.4. The summed E-state index contributed by atoms with van der Waals surface area (Å²) in [5, 5.41) is 0.766. The first-order valence-corrected chi connectivity index (χ1v) is 11.4. The van der Waals surface area contributed by atoms with Gasteiger partial charge in [0.1, 0.15) is 5.82 Å². The highest BCUT2D eigenvalue weighted by Crippen LogP contribution is 2.32. The number of alkyl halides is 3. The zero-order chi connectivity index (χ0) is 25.0. The summed E-state index contributed by atoms with van der Waals surface area (Å²) in [4.78, 5) is 23.9. The van der Waals surface area contributed by atoms with Gasteiger partial charge in [0.15, 0.2) is 0 Å². The molecule has 182 valence electrons. The smallest absolute Gasteiger partial charge is 0.368 e. The second-order valence-corrected chi connectivity index (χ2v) is 8.35. The molecule has 0 spiro atoms. The lowest BCUT2D eigenvalue weighted by Gasteiger charge is -2.37. The van der Waals surface area contributed by atoms with Crippen molar-refractivity contribution in [3.63, 3.8) is 0 Å². The number of carbonyl (C=O) groups excluding carboxylic acids is 1. The summed E-state index contributed by atoms with van der Waals surface area (Å²) >= 11 is 0. The Morgan fingerprint density at radius 2 is 1.60 bits per heavy atom. The SMILES string of the molecule is C=CCN(CC=C)C(=O)c1cc(N2CCN(c3cccc(C(F)(F)F)c3)CC2)nc2ccccc12. The fraction of sp³-hybridized carbons (Fsp3) is 0.259. The number of para-hydroxylation sites is 1. The molecule has 0 bridgehead atoms. The van der Waals surface area contributed by atoms with Crippen LogP contribution in [-0.2, 0) is 6.18 Å². The summed E-state index contributed by atoms with van der Waals surface area (Å²) in [7, 11) is 0. The number of nitrogens with zero attached hydrogens (tertiary/aromatic N) is 4. The van der Waals surface area contributed by atoms with Gasteiger partial charge in [-0.05, 0) is 30.3 Å². The number of benzene rings is 2. The lowest BCUT2D eigenvalue weighted by atomic mass is 10.1. The number of carbonyl (C=O) groups is 1. The molecule has 0 N–H and O–H groups in total. The second-order valence-electron chi connectivity index (χ2n) is 8.35. The quantitative estimate of drug-likeness (QED) is 0.425. The third-order valence-corrected chi connectivity index (χ3v) is 6.06. The van der Waals surface area contributed by atoms with Crippen molar-refractivity contribution in [1.82, 2.24) is 9.88 Å². The van der Waals surface area contributed by atoms with Crippen molar-refractivity contribution in [2.45, 2.75) is 6.18 Å². The molecular formula is C27H27F3N4O. The minimum Gasteiger partial charge on any atom is -0.368 e. The van der Waals surface area contributed by atoms with Crippen LogP contribution in [-0.4, -0.2) is 55.1 Å². The van der Waals surface area contributed by atoms with Crippen molar-refractivity contribution in [3.8, 4) is 0 Å². The van der Waals surface area contributed by atoms with Gasteiger partial charge in [-0.3, -0.25) is 4.79 Å². The average Bonchev–Trinajstić information content (AvgIpc) is 2.87. The number of anilines is 2. The number of hydrogen-bond donors (Lipinski definition) is 0. The van der Waals surface area contributed by atoms with Crippen LogP contribution >= 0.6 is 0 Å². The van der Waals surface area contributed by atoms with Gasteiger partial charge < -0.3 is 14.7 Å². The number of aromatic nitrogens is 1. The van der Waals surface area contributed by atoms with E-state index in [1.807, 2.05) is 35.2 Å². The number of piperazine rings is 1. The predicted octanol–water partition coefficient (Wildman–Crippen LogP) is 5.39. The average molecular weight is 481 g/mol. The maximum absolute atomic E-state index is 13.4. The van der Waals surface area contributed by atoms with Crippen LogP contribution in [0, 0.1) is 0 Å². The molecule has 0 atom stereocenters. The van der Waals surface area contributed by atoms with Crippen LogP contribution in [0.4, 0.5) is 24.7 Å². The predicted molar refractivity (Wildman–Crippen MR) is 134 cm³/mol. The maximum Gasteiger partial charge on any atom is 0.416 e. The van der Waals surface area contributed by atoms with Crippen molar-refractivity contribution in [3.05, 3.63) is 91.0 Å². The Hall–Kier alpha value is -3.81. The Morgan fingerprint density at radius 1 is 0.943 bits per heavy atom. The number of fused-ring (bicyclic) bond motifs is 1. The molecule has 1 aliphatic heterocycles. The summed E-state index contributed by atoms with van der Waals surface area (Å²) in [6.45, 7) is 10.5. The van der Waals surface area contributed by atoms with E-state index in [1.54, 1.807) is 23.1 Å². The van der Waals surface area contributed by atoms with Gasteiger partial charge in [0, 0.05) is 50.3 Å². The topological polar surface area (TPSA) is 39.7 Å². The van der Waals surface area contributed by atoms with Crippen molar-refractivity contribution >= 4 is 28.3 Å². The van der Waals surface area contributed by atoms with Crippen molar-refractivity contribution < 1.29 is 18.0 Å². The van der Waals surface area contributed by atoms with Crippen LogP contribution in [0.15, 0.2) is 79.9 Å². The normalized spacial score (nSPS) is 14.1. The molecule has 1 amide bonds. The van der Waals surface area contributed by atoms with Gasteiger partial charge in [-0.1, -0.05) is 36.4 Å². The summed E-state index contributed by atoms with van der Waals surface area (Å²) in [6.07, 6.45) is -1.02.